The van der Waals surface area contributed by atoms with E-state index < -0.39 is 5.97 Å². The van der Waals surface area contributed by atoms with Crippen LogP contribution in [0.25, 0.3) is 0 Å². The molecular formula is C26H26N2O3S. The van der Waals surface area contributed by atoms with Gasteiger partial charge in [0.15, 0.2) is 0 Å². The van der Waals surface area contributed by atoms with E-state index in [1.54, 1.807) is 22.7 Å². The first kappa shape index (κ1) is 23.2. The second kappa shape index (κ2) is 11.8. The Morgan fingerprint density at radius 1 is 0.906 bits per heavy atom. The molecule has 0 atom stereocenters. The molecule has 3 rings (SSSR count). The fourth-order valence-electron chi connectivity index (χ4n) is 3.17. The number of nitrogens with zero attached hydrogens (tertiary/aromatic N) is 1. The smallest absolute Gasteiger partial charge is 0.322 e. The van der Waals surface area contributed by atoms with Crippen LogP contribution >= 0.6 is 11.8 Å². The fraction of sp³-hybridized carbons (Fsp3) is 0.154. The minimum absolute atomic E-state index is 0.0202. The van der Waals surface area contributed by atoms with Crippen LogP contribution in [0.1, 0.15) is 11.1 Å². The van der Waals surface area contributed by atoms with Crippen molar-refractivity contribution in [2.45, 2.75) is 22.6 Å². The molecule has 0 heterocycles. The quantitative estimate of drug-likeness (QED) is 0.409. The number of hydrogen-bond acceptors (Lipinski definition) is 3. The Balaban J connectivity index is 1.69. The number of urea groups is 1. The summed E-state index contributed by atoms with van der Waals surface area (Å²) in [5, 5.41) is 11.8. The molecule has 0 saturated carbocycles. The molecule has 0 aliphatic heterocycles. The van der Waals surface area contributed by atoms with Crippen LogP contribution in [0.3, 0.4) is 0 Å². The van der Waals surface area contributed by atoms with Gasteiger partial charge in [0.25, 0.3) is 0 Å². The zero-order valence-corrected chi connectivity index (χ0v) is 18.6. The van der Waals surface area contributed by atoms with E-state index in [9.17, 15) is 9.59 Å². The summed E-state index contributed by atoms with van der Waals surface area (Å²) in [6.45, 7) is 4.63. The van der Waals surface area contributed by atoms with Crippen LogP contribution < -0.4 is 10.2 Å². The predicted octanol–water partition coefficient (Wildman–Crippen LogP) is 5.41. The summed E-state index contributed by atoms with van der Waals surface area (Å²) in [4.78, 5) is 27.4. The summed E-state index contributed by atoms with van der Waals surface area (Å²) in [5.41, 5.74) is 2.77. The van der Waals surface area contributed by atoms with Gasteiger partial charge < -0.3 is 10.4 Å². The average Bonchev–Trinajstić information content (AvgIpc) is 2.80. The number of benzene rings is 3. The van der Waals surface area contributed by atoms with Gasteiger partial charge in [-0.25, -0.2) is 4.79 Å². The number of amides is 2. The lowest BCUT2D eigenvalue weighted by Crippen LogP contribution is -2.41. The summed E-state index contributed by atoms with van der Waals surface area (Å²) in [7, 11) is 0. The van der Waals surface area contributed by atoms with Crippen molar-refractivity contribution < 1.29 is 14.7 Å². The van der Waals surface area contributed by atoms with Crippen LogP contribution in [0.5, 0.6) is 0 Å². The van der Waals surface area contributed by atoms with Gasteiger partial charge in [-0.2, -0.15) is 0 Å². The highest BCUT2D eigenvalue weighted by Gasteiger charge is 2.15. The minimum atomic E-state index is -0.838. The van der Waals surface area contributed by atoms with Gasteiger partial charge in [0.2, 0.25) is 0 Å². The second-order valence-corrected chi connectivity index (χ2v) is 8.32. The first-order chi connectivity index (χ1) is 15.5. The van der Waals surface area contributed by atoms with E-state index in [-0.39, 0.29) is 12.5 Å². The molecule has 0 radical (unpaired) electrons. The van der Waals surface area contributed by atoms with Crippen LogP contribution in [0.4, 0.5) is 10.5 Å². The Hall–Kier alpha value is -3.51. The molecule has 0 bridgehead atoms. The Labute approximate surface area is 192 Å². The third-order valence-electron chi connectivity index (χ3n) is 4.77. The van der Waals surface area contributed by atoms with E-state index in [0.717, 1.165) is 27.5 Å². The topological polar surface area (TPSA) is 69.6 Å². The van der Waals surface area contributed by atoms with Crippen molar-refractivity contribution in [2.75, 3.05) is 18.0 Å². The Morgan fingerprint density at radius 3 is 2.12 bits per heavy atom. The molecule has 5 nitrogen and oxygen atoms in total. The molecule has 0 spiro atoms. The van der Waals surface area contributed by atoms with Crippen LogP contribution in [-0.2, 0) is 17.6 Å². The number of hydrogen-bond donors (Lipinski definition) is 2. The van der Waals surface area contributed by atoms with E-state index >= 15 is 0 Å². The molecular weight excluding hydrogens is 420 g/mol. The normalized spacial score (nSPS) is 10.4. The van der Waals surface area contributed by atoms with E-state index in [4.69, 9.17) is 5.11 Å². The monoisotopic (exact) mass is 446 g/mol. The molecule has 164 valence electrons. The molecule has 2 amide bonds. The molecule has 3 aromatic rings. The zero-order chi connectivity index (χ0) is 22.8. The van der Waals surface area contributed by atoms with Crippen LogP contribution in [0.2, 0.25) is 0 Å². The molecule has 6 heteroatoms. The molecule has 2 N–H and O–H groups in total. The maximum atomic E-state index is 12.7. The van der Waals surface area contributed by atoms with Gasteiger partial charge >= 0.3 is 12.0 Å². The average molecular weight is 447 g/mol. The molecule has 0 fully saturated rings. The summed E-state index contributed by atoms with van der Waals surface area (Å²) in [5.74, 6) is -0.838. The predicted molar refractivity (Wildman–Crippen MR) is 129 cm³/mol. The van der Waals surface area contributed by atoms with E-state index in [2.05, 4.69) is 24.0 Å². The Bertz CT molecular complexity index is 1030. The van der Waals surface area contributed by atoms with Crippen molar-refractivity contribution in [1.82, 2.24) is 5.32 Å². The lowest BCUT2D eigenvalue weighted by Gasteiger charge is -2.23. The number of carbonyl (C=O) groups excluding carboxylic acids is 1. The van der Waals surface area contributed by atoms with E-state index in [1.807, 2.05) is 66.7 Å². The number of carbonyl (C=O) groups is 2. The van der Waals surface area contributed by atoms with Crippen LogP contribution in [0, 0.1) is 0 Å². The summed E-state index contributed by atoms with van der Waals surface area (Å²) in [6.07, 6.45) is 2.43. The van der Waals surface area contributed by atoms with Gasteiger partial charge in [0, 0.05) is 28.6 Å². The largest absolute Gasteiger partial charge is 0.481 e. The second-order valence-electron chi connectivity index (χ2n) is 7.17. The Morgan fingerprint density at radius 2 is 1.53 bits per heavy atom. The molecule has 0 saturated heterocycles. The highest BCUT2D eigenvalue weighted by Crippen LogP contribution is 2.29. The first-order valence-corrected chi connectivity index (χ1v) is 11.2. The molecule has 0 unspecified atom stereocenters. The van der Waals surface area contributed by atoms with Crippen LogP contribution in [0.15, 0.2) is 101 Å². The SMILES string of the molecule is C=CCNC(=O)N(CCc1ccccc1)c1ccc(Sc2ccc(CC(=O)O)cc2)cc1. The highest BCUT2D eigenvalue weighted by atomic mass is 32.2. The molecule has 0 aromatic heterocycles. The molecule has 3 aromatic carbocycles. The standard InChI is InChI=1S/C26H26N2O3S/c1-2-17-27-26(31)28(18-16-20-6-4-3-5-7-20)22-10-14-24(15-11-22)32-23-12-8-21(9-13-23)19-25(29)30/h2-15H,1,16-19H2,(H,27,31)(H,29,30). The highest BCUT2D eigenvalue weighted by molar-refractivity contribution is 7.99. The van der Waals surface area contributed by atoms with Gasteiger partial charge in [-0.05, 0) is 53.9 Å². The van der Waals surface area contributed by atoms with Gasteiger partial charge in [0.05, 0.1) is 6.42 Å². The third kappa shape index (κ3) is 7.03. The zero-order valence-electron chi connectivity index (χ0n) is 17.7. The number of carboxylic acid groups (broad SMARTS) is 1. The third-order valence-corrected chi connectivity index (χ3v) is 5.79. The summed E-state index contributed by atoms with van der Waals surface area (Å²) >= 11 is 1.59. The van der Waals surface area contributed by atoms with Gasteiger partial charge in [0.1, 0.15) is 0 Å². The van der Waals surface area contributed by atoms with Crippen molar-refractivity contribution >= 4 is 29.4 Å². The molecule has 0 aliphatic rings. The van der Waals surface area contributed by atoms with E-state index in [0.29, 0.717) is 13.1 Å². The molecule has 0 aliphatic carbocycles. The number of nitrogens with one attached hydrogen (secondary N) is 1. The van der Waals surface area contributed by atoms with Crippen LogP contribution in [-0.4, -0.2) is 30.2 Å². The maximum Gasteiger partial charge on any atom is 0.322 e. The number of rotatable bonds is 10. The van der Waals surface area contributed by atoms with Crippen molar-refractivity contribution in [3.63, 3.8) is 0 Å². The summed E-state index contributed by atoms with van der Waals surface area (Å²) in [6, 6.07) is 25.3. The number of anilines is 1. The minimum Gasteiger partial charge on any atom is -0.481 e. The molecule has 32 heavy (non-hydrogen) atoms. The van der Waals surface area contributed by atoms with Crippen molar-refractivity contribution in [3.8, 4) is 0 Å². The summed E-state index contributed by atoms with van der Waals surface area (Å²) < 4.78 is 0. The first-order valence-electron chi connectivity index (χ1n) is 10.3. The van der Waals surface area contributed by atoms with Crippen molar-refractivity contribution in [1.29, 1.82) is 0 Å². The van der Waals surface area contributed by atoms with Gasteiger partial charge in [-0.1, -0.05) is 60.3 Å². The van der Waals surface area contributed by atoms with Gasteiger partial charge in [-0.3, -0.25) is 9.69 Å². The fourth-order valence-corrected chi connectivity index (χ4v) is 3.99. The number of carboxylic acids is 1. The van der Waals surface area contributed by atoms with E-state index in [1.165, 1.54) is 5.56 Å². The lowest BCUT2D eigenvalue weighted by atomic mass is 10.1. The maximum absolute atomic E-state index is 12.7. The number of aliphatic carboxylic acids is 1. The lowest BCUT2D eigenvalue weighted by molar-refractivity contribution is -0.136. The van der Waals surface area contributed by atoms with Gasteiger partial charge in [-0.15, -0.1) is 6.58 Å². The Kier molecular flexibility index (Phi) is 8.52. The van der Waals surface area contributed by atoms with Crippen molar-refractivity contribution in [3.05, 3.63) is 103 Å². The van der Waals surface area contributed by atoms with Crippen molar-refractivity contribution in [2.24, 2.45) is 0 Å².